The first-order valence-electron chi connectivity index (χ1n) is 11.6. The Balaban J connectivity index is 1.42. The number of carboxylic acids is 1. The van der Waals surface area contributed by atoms with E-state index >= 15 is 0 Å². The van der Waals surface area contributed by atoms with Crippen molar-refractivity contribution in [1.82, 2.24) is 0 Å². The molecule has 1 aromatic rings. The zero-order chi connectivity index (χ0) is 26.0. The normalized spacial score (nSPS) is 38.2. The first-order valence-corrected chi connectivity index (χ1v) is 11.6. The Morgan fingerprint density at radius 2 is 1.83 bits per heavy atom. The maximum atomic E-state index is 12.1. The molecule has 2 fully saturated rings. The molecule has 0 spiro atoms. The van der Waals surface area contributed by atoms with Gasteiger partial charge in [-0.15, -0.1) is 0 Å². The number of aliphatic hydroxyl groups is 4. The van der Waals surface area contributed by atoms with Crippen molar-refractivity contribution in [3.63, 3.8) is 0 Å². The van der Waals surface area contributed by atoms with Crippen LogP contribution in [0.2, 0.25) is 0 Å². The van der Waals surface area contributed by atoms with Gasteiger partial charge in [-0.3, -0.25) is 0 Å². The largest absolute Gasteiger partial charge is 0.478 e. The summed E-state index contributed by atoms with van der Waals surface area (Å²) >= 11 is 0. The first kappa shape index (κ1) is 26.3. The molecule has 1 aromatic carbocycles. The number of esters is 1. The van der Waals surface area contributed by atoms with E-state index in [1.807, 2.05) is 18.2 Å². The lowest BCUT2D eigenvalue weighted by molar-refractivity contribution is -0.346. The molecular weight excluding hydrogens is 476 g/mol. The van der Waals surface area contributed by atoms with Crippen LogP contribution in [0.3, 0.4) is 0 Å². The van der Waals surface area contributed by atoms with Crippen molar-refractivity contribution >= 4 is 18.0 Å². The molecule has 4 rings (SSSR count). The Kier molecular flexibility index (Phi) is 7.79. The van der Waals surface area contributed by atoms with E-state index < -0.39 is 73.0 Å². The maximum absolute atomic E-state index is 12.1. The molecule has 0 amide bonds. The van der Waals surface area contributed by atoms with Gasteiger partial charge in [-0.25, -0.2) is 9.59 Å². The van der Waals surface area contributed by atoms with E-state index in [0.29, 0.717) is 12.8 Å². The van der Waals surface area contributed by atoms with E-state index in [-0.39, 0.29) is 5.57 Å². The van der Waals surface area contributed by atoms with Crippen LogP contribution in [0.15, 0.2) is 48.2 Å². The lowest BCUT2D eigenvalue weighted by Crippen LogP contribution is -2.61. The third-order valence-electron chi connectivity index (χ3n) is 6.92. The molecule has 0 unspecified atom stereocenters. The van der Waals surface area contributed by atoms with Gasteiger partial charge in [-0.1, -0.05) is 30.3 Å². The highest BCUT2D eigenvalue weighted by Gasteiger charge is 2.56. The fourth-order valence-corrected chi connectivity index (χ4v) is 4.94. The highest BCUT2D eigenvalue weighted by molar-refractivity contribution is 5.87. The quantitative estimate of drug-likeness (QED) is 0.252. The fraction of sp³-hybridized carbons (Fsp3) is 0.520. The number of aliphatic carboxylic acids is 1. The van der Waals surface area contributed by atoms with Crippen molar-refractivity contribution in [1.29, 1.82) is 0 Å². The van der Waals surface area contributed by atoms with Gasteiger partial charge in [0.05, 0.1) is 23.4 Å². The number of hydrogen-bond acceptors (Lipinski definition) is 10. The molecule has 196 valence electrons. The summed E-state index contributed by atoms with van der Waals surface area (Å²) in [5.41, 5.74) is -0.530. The molecule has 11 heteroatoms. The van der Waals surface area contributed by atoms with Gasteiger partial charge < -0.3 is 44.5 Å². The molecule has 5 N–H and O–H groups in total. The summed E-state index contributed by atoms with van der Waals surface area (Å²) in [6, 6.07) is 9.05. The van der Waals surface area contributed by atoms with Crippen LogP contribution in [-0.2, 0) is 28.5 Å². The number of carbonyl (C=O) groups is 2. The second-order valence-electron chi connectivity index (χ2n) is 9.44. The topological polar surface area (TPSA) is 172 Å². The predicted octanol–water partition coefficient (Wildman–Crippen LogP) is 0.169. The molecule has 11 nitrogen and oxygen atoms in total. The lowest BCUT2D eigenvalue weighted by atomic mass is 9.81. The van der Waals surface area contributed by atoms with E-state index in [4.69, 9.17) is 18.9 Å². The van der Waals surface area contributed by atoms with Crippen LogP contribution in [0.5, 0.6) is 0 Å². The number of carbonyl (C=O) groups excluding carboxylic acids is 1. The Bertz CT molecular complexity index is 1000. The summed E-state index contributed by atoms with van der Waals surface area (Å²) in [7, 11) is 0. The third-order valence-corrected chi connectivity index (χ3v) is 6.92. The number of benzene rings is 1. The van der Waals surface area contributed by atoms with Gasteiger partial charge in [0.15, 0.2) is 6.29 Å². The van der Waals surface area contributed by atoms with Crippen molar-refractivity contribution < 1.29 is 54.1 Å². The van der Waals surface area contributed by atoms with Gasteiger partial charge in [0.1, 0.15) is 31.0 Å². The Morgan fingerprint density at radius 3 is 2.53 bits per heavy atom. The van der Waals surface area contributed by atoms with Gasteiger partial charge in [0.25, 0.3) is 0 Å². The highest BCUT2D eigenvalue weighted by atomic mass is 16.8. The van der Waals surface area contributed by atoms with Crippen LogP contribution >= 0.6 is 0 Å². The Hall–Kier alpha value is -2.80. The van der Waals surface area contributed by atoms with Crippen LogP contribution in [0, 0.1) is 11.8 Å². The monoisotopic (exact) mass is 506 g/mol. The van der Waals surface area contributed by atoms with E-state index in [9.17, 15) is 35.1 Å². The maximum Gasteiger partial charge on any atom is 0.334 e. The smallest absolute Gasteiger partial charge is 0.334 e. The number of hydrogen-bond donors (Lipinski definition) is 5. The minimum absolute atomic E-state index is 0.00605. The second-order valence-corrected chi connectivity index (χ2v) is 9.44. The van der Waals surface area contributed by atoms with Gasteiger partial charge in [0, 0.05) is 12.0 Å². The third kappa shape index (κ3) is 5.46. The van der Waals surface area contributed by atoms with Crippen molar-refractivity contribution in [3.05, 3.63) is 53.8 Å². The van der Waals surface area contributed by atoms with Crippen LogP contribution in [0.1, 0.15) is 25.3 Å². The van der Waals surface area contributed by atoms with Gasteiger partial charge in [-0.05, 0) is 31.4 Å². The van der Waals surface area contributed by atoms with Crippen LogP contribution in [-0.4, -0.2) is 86.7 Å². The number of aliphatic hydroxyl groups excluding tert-OH is 3. The highest BCUT2D eigenvalue weighted by Crippen LogP contribution is 2.49. The molecule has 3 aliphatic rings. The molecule has 0 radical (unpaired) electrons. The summed E-state index contributed by atoms with van der Waals surface area (Å²) in [5, 5.41) is 51.4. The van der Waals surface area contributed by atoms with Crippen molar-refractivity contribution in [2.24, 2.45) is 11.8 Å². The van der Waals surface area contributed by atoms with E-state index in [2.05, 4.69) is 0 Å². The number of ether oxygens (including phenoxy) is 4. The average Bonchev–Trinajstić information content (AvgIpc) is 3.18. The van der Waals surface area contributed by atoms with Crippen LogP contribution in [0.25, 0.3) is 6.08 Å². The molecule has 0 bridgehead atoms. The summed E-state index contributed by atoms with van der Waals surface area (Å²) in [5.74, 6) is -3.22. The molecule has 2 aliphatic heterocycles. The summed E-state index contributed by atoms with van der Waals surface area (Å²) in [4.78, 5) is 23.7. The van der Waals surface area contributed by atoms with Crippen LogP contribution < -0.4 is 0 Å². The van der Waals surface area contributed by atoms with E-state index in [1.54, 1.807) is 25.1 Å². The molecule has 9 atom stereocenters. The standard InChI is InChI=1S/C25H30O11/c1-25(32)10-9-14-15(22(30)31)11-34-23(18(14)25)36-24-21(29)20(28)19(27)16(35-24)12-33-17(26)8-7-13-5-3-2-4-6-13/h2-8,11,14,16,18-21,23-24,27-29,32H,9-10,12H2,1H3,(H,30,31)/b8-7+/t14-,16+,18-,19+,20-,21+,23-,24-,25+/m0/s1. The number of fused-ring (bicyclic) bond motifs is 1. The molecule has 1 saturated carbocycles. The zero-order valence-corrected chi connectivity index (χ0v) is 19.5. The average molecular weight is 507 g/mol. The minimum Gasteiger partial charge on any atom is -0.478 e. The van der Waals surface area contributed by atoms with Crippen molar-refractivity contribution in [3.8, 4) is 0 Å². The predicted molar refractivity (Wildman–Crippen MR) is 122 cm³/mol. The minimum atomic E-state index is -1.69. The molecule has 2 heterocycles. The molecule has 0 aromatic heterocycles. The number of carboxylic acid groups (broad SMARTS) is 1. The molecule has 36 heavy (non-hydrogen) atoms. The Labute approximate surface area is 207 Å². The van der Waals surface area contributed by atoms with E-state index in [0.717, 1.165) is 11.8 Å². The van der Waals surface area contributed by atoms with Gasteiger partial charge in [0.2, 0.25) is 6.29 Å². The van der Waals surface area contributed by atoms with Crippen LogP contribution in [0.4, 0.5) is 0 Å². The van der Waals surface area contributed by atoms with Crippen molar-refractivity contribution in [2.45, 2.75) is 62.4 Å². The summed E-state index contributed by atoms with van der Waals surface area (Å²) in [6.45, 7) is 1.10. The van der Waals surface area contributed by atoms with Gasteiger partial charge >= 0.3 is 11.9 Å². The van der Waals surface area contributed by atoms with E-state index in [1.165, 1.54) is 6.08 Å². The fourth-order valence-electron chi connectivity index (χ4n) is 4.94. The first-order chi connectivity index (χ1) is 17.1. The Morgan fingerprint density at radius 1 is 1.11 bits per heavy atom. The van der Waals surface area contributed by atoms with Gasteiger partial charge in [-0.2, -0.15) is 0 Å². The zero-order valence-electron chi connectivity index (χ0n) is 19.5. The molecule has 1 aliphatic carbocycles. The SMILES string of the molecule is C[C@@]1(O)CC[C@H]2C(C(=O)O)=CO[C@@H](O[C@@H]3O[C@H](COC(=O)/C=C/c4ccccc4)[C@@H](O)[C@H](O)[C@H]3O)[C@H]21. The summed E-state index contributed by atoms with van der Waals surface area (Å²) in [6.07, 6.45) is -4.43. The summed E-state index contributed by atoms with van der Waals surface area (Å²) < 4.78 is 22.0. The second kappa shape index (κ2) is 10.7. The van der Waals surface area contributed by atoms with Crippen molar-refractivity contribution in [2.75, 3.05) is 6.61 Å². The molecule has 1 saturated heterocycles. The molecular formula is C25H30O11. The number of rotatable bonds is 7. The lowest BCUT2D eigenvalue weighted by Gasteiger charge is -2.44.